The summed E-state index contributed by atoms with van der Waals surface area (Å²) in [4.78, 5) is 0. The van der Waals surface area contributed by atoms with E-state index in [0.29, 0.717) is 0 Å². The molecule has 0 rings (SSSR count). The van der Waals surface area contributed by atoms with Crippen LogP contribution in [0.3, 0.4) is 0 Å². The third-order valence-corrected chi connectivity index (χ3v) is 1.17. The molecule has 0 N–H and O–H groups in total. The monoisotopic (exact) mass is 123 g/mol. The van der Waals surface area contributed by atoms with Gasteiger partial charge in [-0.15, -0.1) is 0 Å². The summed E-state index contributed by atoms with van der Waals surface area (Å²) in [5.41, 5.74) is -0.188. The highest BCUT2D eigenvalue weighted by Crippen LogP contribution is 2.18. The van der Waals surface area contributed by atoms with Crippen LogP contribution in [0.2, 0.25) is 0 Å². The molecule has 0 aromatic heterocycles. The molecule has 0 saturated heterocycles. The topological polar surface area (TPSA) is 23.8 Å². The fourth-order valence-electron chi connectivity index (χ4n) is 0.458. The number of nitrogens with zero attached hydrogens (tertiary/aromatic N) is 1. The third kappa shape index (κ3) is 3.78. The maximum Gasteiger partial charge on any atom is 0.0687 e. The van der Waals surface area contributed by atoms with Crippen LogP contribution >= 0.6 is 0 Å². The van der Waals surface area contributed by atoms with Crippen molar-refractivity contribution in [1.29, 1.82) is 5.26 Å². The molecule has 0 aliphatic rings. The van der Waals surface area contributed by atoms with Crippen LogP contribution in [0.1, 0.15) is 27.2 Å². The summed E-state index contributed by atoms with van der Waals surface area (Å²) in [6.45, 7) is 5.84. The molecule has 0 atom stereocenters. The van der Waals surface area contributed by atoms with Crippen LogP contribution in [0.5, 0.6) is 0 Å². The molecule has 0 aliphatic carbocycles. The van der Waals surface area contributed by atoms with Crippen molar-refractivity contribution in [2.45, 2.75) is 27.2 Å². The summed E-state index contributed by atoms with van der Waals surface area (Å²) >= 11 is 0. The van der Waals surface area contributed by atoms with Gasteiger partial charge in [-0.2, -0.15) is 5.26 Å². The molecule has 0 bridgehead atoms. The second kappa shape index (κ2) is 3.29. The molecule has 9 heavy (non-hydrogen) atoms. The lowest BCUT2D eigenvalue weighted by Gasteiger charge is -2.10. The molecule has 1 nitrogen and oxygen atoms in total. The van der Waals surface area contributed by atoms with Crippen molar-refractivity contribution in [3.8, 4) is 6.07 Å². The maximum atomic E-state index is 8.54. The largest absolute Gasteiger partial charge is 0.198 e. The lowest BCUT2D eigenvalue weighted by Crippen LogP contribution is -2.04. The van der Waals surface area contributed by atoms with Crippen molar-refractivity contribution in [2.75, 3.05) is 0 Å². The van der Waals surface area contributed by atoms with Crippen molar-refractivity contribution in [3.05, 3.63) is 12.2 Å². The maximum absolute atomic E-state index is 8.54. The molecule has 0 heterocycles. The normalized spacial score (nSPS) is 11.8. The average molecular weight is 123 g/mol. The Bertz CT molecular complexity index is 137. The zero-order valence-corrected chi connectivity index (χ0v) is 6.31. The van der Waals surface area contributed by atoms with E-state index in [1.165, 1.54) is 0 Å². The standard InChI is InChI=1S/C8H13N/c1-4-5-6-8(2,3)7-9/h4-5H,6H2,1-3H3/b5-4+. The van der Waals surface area contributed by atoms with E-state index in [9.17, 15) is 0 Å². The fraction of sp³-hybridized carbons (Fsp3) is 0.625. The van der Waals surface area contributed by atoms with Gasteiger partial charge in [0.15, 0.2) is 0 Å². The minimum atomic E-state index is -0.188. The van der Waals surface area contributed by atoms with Crippen molar-refractivity contribution < 1.29 is 0 Å². The smallest absolute Gasteiger partial charge is 0.0687 e. The molecule has 0 amide bonds. The van der Waals surface area contributed by atoms with E-state index in [1.54, 1.807) is 0 Å². The third-order valence-electron chi connectivity index (χ3n) is 1.17. The first-order chi connectivity index (χ1) is 4.12. The molecule has 50 valence electrons. The van der Waals surface area contributed by atoms with E-state index < -0.39 is 0 Å². The van der Waals surface area contributed by atoms with E-state index in [2.05, 4.69) is 6.07 Å². The van der Waals surface area contributed by atoms with Crippen LogP contribution in [0, 0.1) is 16.7 Å². The van der Waals surface area contributed by atoms with Gasteiger partial charge in [0.1, 0.15) is 0 Å². The molecule has 0 spiro atoms. The highest BCUT2D eigenvalue weighted by molar-refractivity contribution is 4.97. The van der Waals surface area contributed by atoms with Crippen LogP contribution in [-0.2, 0) is 0 Å². The second-order valence-corrected chi connectivity index (χ2v) is 2.77. The molecular formula is C8H13N. The van der Waals surface area contributed by atoms with Crippen molar-refractivity contribution in [1.82, 2.24) is 0 Å². The zero-order valence-electron chi connectivity index (χ0n) is 6.31. The predicted molar refractivity (Wildman–Crippen MR) is 38.8 cm³/mol. The number of rotatable bonds is 2. The highest BCUT2D eigenvalue weighted by Gasteiger charge is 2.12. The quantitative estimate of drug-likeness (QED) is 0.517. The Balaban J connectivity index is 3.76. The summed E-state index contributed by atoms with van der Waals surface area (Å²) in [6, 6.07) is 2.22. The first-order valence-corrected chi connectivity index (χ1v) is 3.15. The lowest BCUT2D eigenvalue weighted by atomic mass is 9.91. The van der Waals surface area contributed by atoms with Crippen LogP contribution in [0.4, 0.5) is 0 Å². The van der Waals surface area contributed by atoms with Crippen molar-refractivity contribution in [2.24, 2.45) is 5.41 Å². The van der Waals surface area contributed by atoms with Crippen LogP contribution < -0.4 is 0 Å². The SMILES string of the molecule is C/C=C/CC(C)(C)C#N. The molecule has 0 aromatic carbocycles. The molecule has 0 radical (unpaired) electrons. The van der Waals surface area contributed by atoms with E-state index >= 15 is 0 Å². The highest BCUT2D eigenvalue weighted by atomic mass is 14.3. The Hall–Kier alpha value is -0.770. The van der Waals surface area contributed by atoms with E-state index in [0.717, 1.165) is 6.42 Å². The average Bonchev–Trinajstić information content (AvgIpc) is 1.84. The predicted octanol–water partition coefficient (Wildman–Crippen LogP) is 2.50. The molecule has 0 unspecified atom stereocenters. The molecular weight excluding hydrogens is 110 g/mol. The van der Waals surface area contributed by atoms with Crippen molar-refractivity contribution >= 4 is 0 Å². The molecule has 0 aromatic rings. The number of hydrogen-bond donors (Lipinski definition) is 0. The van der Waals surface area contributed by atoms with Gasteiger partial charge in [-0.1, -0.05) is 12.2 Å². The van der Waals surface area contributed by atoms with Crippen LogP contribution in [-0.4, -0.2) is 0 Å². The first-order valence-electron chi connectivity index (χ1n) is 3.15. The summed E-state index contributed by atoms with van der Waals surface area (Å²) < 4.78 is 0. The van der Waals surface area contributed by atoms with Gasteiger partial charge in [0.2, 0.25) is 0 Å². The van der Waals surface area contributed by atoms with Gasteiger partial charge in [0, 0.05) is 0 Å². The summed E-state index contributed by atoms with van der Waals surface area (Å²) in [5.74, 6) is 0. The fourth-order valence-corrected chi connectivity index (χ4v) is 0.458. The number of hydrogen-bond acceptors (Lipinski definition) is 1. The van der Waals surface area contributed by atoms with Crippen LogP contribution in [0.25, 0.3) is 0 Å². The molecule has 0 fully saturated rings. The Morgan fingerprint density at radius 1 is 1.56 bits per heavy atom. The van der Waals surface area contributed by atoms with Crippen LogP contribution in [0.15, 0.2) is 12.2 Å². The Kier molecular flexibility index (Phi) is 3.01. The minimum absolute atomic E-state index is 0.188. The Morgan fingerprint density at radius 2 is 2.11 bits per heavy atom. The van der Waals surface area contributed by atoms with E-state index in [4.69, 9.17) is 5.26 Å². The van der Waals surface area contributed by atoms with Gasteiger partial charge in [-0.25, -0.2) is 0 Å². The van der Waals surface area contributed by atoms with Gasteiger partial charge in [0.05, 0.1) is 11.5 Å². The number of nitriles is 1. The second-order valence-electron chi connectivity index (χ2n) is 2.77. The zero-order chi connectivity index (χ0) is 7.33. The van der Waals surface area contributed by atoms with E-state index in [1.807, 2.05) is 32.9 Å². The van der Waals surface area contributed by atoms with Crippen molar-refractivity contribution in [3.63, 3.8) is 0 Å². The first kappa shape index (κ1) is 8.23. The molecule has 0 saturated carbocycles. The molecule has 0 aliphatic heterocycles. The Labute approximate surface area is 57.0 Å². The summed E-state index contributed by atoms with van der Waals surface area (Å²) in [6.07, 6.45) is 4.84. The van der Waals surface area contributed by atoms with Gasteiger partial charge in [-0.05, 0) is 27.2 Å². The Morgan fingerprint density at radius 3 is 2.44 bits per heavy atom. The van der Waals surface area contributed by atoms with E-state index in [-0.39, 0.29) is 5.41 Å². The minimum Gasteiger partial charge on any atom is -0.198 e. The van der Waals surface area contributed by atoms with Gasteiger partial charge >= 0.3 is 0 Å². The van der Waals surface area contributed by atoms with Gasteiger partial charge in [-0.3, -0.25) is 0 Å². The summed E-state index contributed by atoms with van der Waals surface area (Å²) in [5, 5.41) is 8.54. The molecule has 1 heteroatoms. The van der Waals surface area contributed by atoms with Gasteiger partial charge in [0.25, 0.3) is 0 Å². The lowest BCUT2D eigenvalue weighted by molar-refractivity contribution is 0.504. The number of allylic oxidation sites excluding steroid dienone is 2. The van der Waals surface area contributed by atoms with Gasteiger partial charge < -0.3 is 0 Å². The summed E-state index contributed by atoms with van der Waals surface area (Å²) in [7, 11) is 0.